The van der Waals surface area contributed by atoms with Crippen molar-refractivity contribution >= 4 is 48.6 Å². The molecule has 0 spiro atoms. The molecule has 7 rings (SSSR count). The molecule has 0 radical (unpaired) electrons. The number of fused-ring (bicyclic) bond motifs is 5. The lowest BCUT2D eigenvalue weighted by atomic mass is 9.94. The van der Waals surface area contributed by atoms with Crippen LogP contribution in [-0.4, -0.2) is 42.1 Å². The molecular formula is C40H37BrN2O5. The molecule has 0 saturated heterocycles. The third-order valence-corrected chi connectivity index (χ3v) is 9.65. The fraction of sp³-hybridized carbons (Fsp3) is 0.200. The molecule has 0 aliphatic carbocycles. The Balaban J connectivity index is 1.64. The number of ether oxygens (including phenoxy) is 4. The van der Waals surface area contributed by atoms with Crippen molar-refractivity contribution in [3.8, 4) is 51.0 Å². The topological polar surface area (TPSA) is 77.9 Å². The van der Waals surface area contributed by atoms with Gasteiger partial charge in [-0.15, -0.1) is 0 Å². The Morgan fingerprint density at radius 3 is 1.94 bits per heavy atom. The van der Waals surface area contributed by atoms with E-state index >= 15 is 0 Å². The third-order valence-electron chi connectivity index (χ3n) is 8.82. The summed E-state index contributed by atoms with van der Waals surface area (Å²) in [5.41, 5.74) is 8.04. The number of aromatic amines is 1. The molecule has 2 aromatic heterocycles. The maximum Gasteiger partial charge on any atom is 0.152 e. The first-order valence-corrected chi connectivity index (χ1v) is 16.7. The first-order valence-electron chi connectivity index (χ1n) is 15.9. The fourth-order valence-electron chi connectivity index (χ4n) is 6.66. The van der Waals surface area contributed by atoms with E-state index in [0.29, 0.717) is 6.54 Å². The fourth-order valence-corrected chi connectivity index (χ4v) is 7.44. The highest BCUT2D eigenvalue weighted by Gasteiger charge is 2.29. The predicted molar refractivity (Wildman–Crippen MR) is 197 cm³/mol. The highest BCUT2D eigenvalue weighted by atomic mass is 79.9. The van der Waals surface area contributed by atoms with Crippen LogP contribution in [0.2, 0.25) is 0 Å². The number of para-hydroxylation sites is 1. The predicted octanol–water partition coefficient (Wildman–Crippen LogP) is 10.1. The maximum absolute atomic E-state index is 9.93. The van der Waals surface area contributed by atoms with E-state index in [9.17, 15) is 5.11 Å². The number of nitrogens with zero attached hydrogens (tertiary/aromatic N) is 1. The number of aryl methyl sites for hydroxylation is 2. The Morgan fingerprint density at radius 1 is 0.729 bits per heavy atom. The van der Waals surface area contributed by atoms with Crippen molar-refractivity contribution in [2.75, 3.05) is 21.3 Å². The second-order valence-corrected chi connectivity index (χ2v) is 12.8. The van der Waals surface area contributed by atoms with Crippen molar-refractivity contribution in [3.63, 3.8) is 0 Å². The van der Waals surface area contributed by atoms with Crippen LogP contribution in [0.3, 0.4) is 0 Å². The second-order valence-electron chi connectivity index (χ2n) is 12.0. The van der Waals surface area contributed by atoms with E-state index in [0.717, 1.165) is 94.5 Å². The minimum absolute atomic E-state index is 0.00349. The summed E-state index contributed by atoms with van der Waals surface area (Å²) in [5, 5.41) is 13.1. The van der Waals surface area contributed by atoms with E-state index in [2.05, 4.69) is 55.8 Å². The molecule has 0 aliphatic heterocycles. The molecule has 0 atom stereocenters. The maximum atomic E-state index is 9.93. The number of halogens is 1. The number of phenols is 1. The molecule has 0 amide bonds. The zero-order valence-corrected chi connectivity index (χ0v) is 29.1. The SMILES string of the molecule is COc1ccc(-c2c(Br)n(CCc3ccc(O)cc3)c3c(-c4ccc(OC)cc4)c(OC)c4[nH]c5c(OC(C)C)cccc5c4c23)cc1. The van der Waals surface area contributed by atoms with Crippen LogP contribution in [0.1, 0.15) is 19.4 Å². The molecule has 0 bridgehead atoms. The molecule has 0 fully saturated rings. The largest absolute Gasteiger partial charge is 0.508 e. The van der Waals surface area contributed by atoms with E-state index in [1.165, 1.54) is 0 Å². The van der Waals surface area contributed by atoms with Gasteiger partial charge in [-0.2, -0.15) is 0 Å². The number of phenolic OH excluding ortho intramolecular Hbond substituents is 1. The van der Waals surface area contributed by atoms with Gasteiger partial charge in [0.1, 0.15) is 23.0 Å². The van der Waals surface area contributed by atoms with Crippen molar-refractivity contribution in [2.45, 2.75) is 32.9 Å². The number of nitrogens with one attached hydrogen (secondary N) is 1. The van der Waals surface area contributed by atoms with Gasteiger partial charge in [-0.3, -0.25) is 0 Å². The van der Waals surface area contributed by atoms with E-state index < -0.39 is 0 Å². The van der Waals surface area contributed by atoms with Gasteiger partial charge in [0.15, 0.2) is 5.75 Å². The molecule has 7 aromatic rings. The van der Waals surface area contributed by atoms with Crippen LogP contribution in [-0.2, 0) is 13.0 Å². The van der Waals surface area contributed by atoms with Gasteiger partial charge in [-0.25, -0.2) is 0 Å². The van der Waals surface area contributed by atoms with Crippen LogP contribution in [0, 0.1) is 0 Å². The lowest BCUT2D eigenvalue weighted by Gasteiger charge is -2.17. The lowest BCUT2D eigenvalue weighted by Crippen LogP contribution is -2.05. The summed E-state index contributed by atoms with van der Waals surface area (Å²) in [5.74, 6) is 3.35. The molecule has 0 saturated carbocycles. The summed E-state index contributed by atoms with van der Waals surface area (Å²) in [6.07, 6.45) is 0.747. The number of aromatic hydroxyl groups is 1. The van der Waals surface area contributed by atoms with Gasteiger partial charge in [0.25, 0.3) is 0 Å². The van der Waals surface area contributed by atoms with E-state index in [-0.39, 0.29) is 11.9 Å². The van der Waals surface area contributed by atoms with Crippen molar-refractivity contribution < 1.29 is 24.1 Å². The molecule has 48 heavy (non-hydrogen) atoms. The number of hydrogen-bond acceptors (Lipinski definition) is 5. The van der Waals surface area contributed by atoms with Gasteiger partial charge in [0, 0.05) is 28.3 Å². The zero-order chi connectivity index (χ0) is 33.5. The molecule has 8 heteroatoms. The normalized spacial score (nSPS) is 11.6. The molecule has 0 aliphatic rings. The minimum Gasteiger partial charge on any atom is -0.508 e. The summed E-state index contributed by atoms with van der Waals surface area (Å²) >= 11 is 4.11. The molecule has 2 heterocycles. The second kappa shape index (κ2) is 12.8. The quantitative estimate of drug-likeness (QED) is 0.148. The van der Waals surface area contributed by atoms with Crippen LogP contribution in [0.25, 0.3) is 55.0 Å². The van der Waals surface area contributed by atoms with Gasteiger partial charge < -0.3 is 33.6 Å². The number of H-pyrrole nitrogens is 1. The van der Waals surface area contributed by atoms with E-state index in [1.54, 1.807) is 33.5 Å². The Bertz CT molecular complexity index is 2250. The molecule has 2 N–H and O–H groups in total. The third kappa shape index (κ3) is 5.40. The van der Waals surface area contributed by atoms with Gasteiger partial charge in [0.05, 0.1) is 54.2 Å². The van der Waals surface area contributed by atoms with Crippen LogP contribution < -0.4 is 18.9 Å². The first kappa shape index (κ1) is 31.5. The van der Waals surface area contributed by atoms with Crippen LogP contribution >= 0.6 is 15.9 Å². The summed E-state index contributed by atoms with van der Waals surface area (Å²) in [7, 11) is 5.08. The van der Waals surface area contributed by atoms with Crippen LogP contribution in [0.5, 0.6) is 28.7 Å². The summed E-state index contributed by atoms with van der Waals surface area (Å²) in [4.78, 5) is 3.74. The molecule has 244 valence electrons. The number of aromatic nitrogens is 2. The van der Waals surface area contributed by atoms with E-state index in [1.807, 2.05) is 62.4 Å². The standard InChI is InChI=1S/C40H37BrN2O5/c1-23(2)48-31-8-6-7-30-34-35-32(25-11-17-28(45-3)18-12-25)40(41)43(22-21-24-9-15-27(44)16-10-24)38(35)33(26-13-19-29(46-4)20-14-26)39(47-5)37(34)42-36(30)31/h6-20,23,42,44H,21-22H2,1-5H3. The van der Waals surface area contributed by atoms with E-state index in [4.69, 9.17) is 18.9 Å². The number of rotatable bonds is 10. The van der Waals surface area contributed by atoms with Crippen molar-refractivity contribution in [1.82, 2.24) is 9.55 Å². The average molecular weight is 706 g/mol. The van der Waals surface area contributed by atoms with Crippen molar-refractivity contribution in [2.24, 2.45) is 0 Å². The Labute approximate surface area is 287 Å². The minimum atomic E-state index is 0.00349. The summed E-state index contributed by atoms with van der Waals surface area (Å²) in [6.45, 7) is 4.74. The smallest absolute Gasteiger partial charge is 0.152 e. The van der Waals surface area contributed by atoms with Crippen LogP contribution in [0.15, 0.2) is 95.6 Å². The highest BCUT2D eigenvalue weighted by Crippen LogP contribution is 2.53. The Morgan fingerprint density at radius 2 is 1.35 bits per heavy atom. The molecule has 7 nitrogen and oxygen atoms in total. The zero-order valence-electron chi connectivity index (χ0n) is 27.6. The number of methoxy groups -OCH3 is 3. The number of benzene rings is 5. The van der Waals surface area contributed by atoms with Gasteiger partial charge in [-0.05, 0) is 95.4 Å². The Kier molecular flexibility index (Phi) is 8.43. The molecule has 5 aromatic carbocycles. The number of hydrogen-bond donors (Lipinski definition) is 2. The highest BCUT2D eigenvalue weighted by molar-refractivity contribution is 9.10. The van der Waals surface area contributed by atoms with Crippen molar-refractivity contribution in [1.29, 1.82) is 0 Å². The average Bonchev–Trinajstić information content (AvgIpc) is 3.63. The molecular weight excluding hydrogens is 668 g/mol. The first-order chi connectivity index (χ1) is 23.3. The summed E-state index contributed by atoms with van der Waals surface area (Å²) < 4.78 is 27.0. The monoisotopic (exact) mass is 704 g/mol. The van der Waals surface area contributed by atoms with Crippen LogP contribution in [0.4, 0.5) is 0 Å². The summed E-state index contributed by atoms with van der Waals surface area (Å²) in [6, 6.07) is 29.9. The van der Waals surface area contributed by atoms with Crippen molar-refractivity contribution in [3.05, 3.63) is 101 Å². The lowest BCUT2D eigenvalue weighted by molar-refractivity contribution is 0.245. The van der Waals surface area contributed by atoms with Gasteiger partial charge in [-0.1, -0.05) is 48.5 Å². The Hall–Kier alpha value is -5.08. The molecule has 0 unspecified atom stereocenters. The van der Waals surface area contributed by atoms with Gasteiger partial charge >= 0.3 is 0 Å². The van der Waals surface area contributed by atoms with Gasteiger partial charge in [0.2, 0.25) is 0 Å².